The summed E-state index contributed by atoms with van der Waals surface area (Å²) >= 11 is 0. The van der Waals surface area contributed by atoms with Gasteiger partial charge in [-0.2, -0.15) is 0 Å². The van der Waals surface area contributed by atoms with Crippen LogP contribution in [0.5, 0.6) is 0 Å². The van der Waals surface area contributed by atoms with Crippen molar-refractivity contribution in [1.29, 1.82) is 0 Å². The Balaban J connectivity index is 3.04. The van der Waals surface area contributed by atoms with Crippen molar-refractivity contribution in [3.05, 3.63) is 23.5 Å². The van der Waals surface area contributed by atoms with Crippen LogP contribution in [-0.4, -0.2) is 17.1 Å². The van der Waals surface area contributed by atoms with Crippen LogP contribution in [0.3, 0.4) is 0 Å². The van der Waals surface area contributed by atoms with Crippen LogP contribution in [-0.2, 0) is 6.54 Å². The molecule has 0 N–H and O–H groups in total. The Morgan fingerprint density at radius 1 is 1.23 bits per heavy atom. The zero-order valence-corrected chi connectivity index (χ0v) is 7.86. The molecule has 0 atom stereocenters. The molecule has 0 aliphatic rings. The van der Waals surface area contributed by atoms with Crippen molar-refractivity contribution >= 4 is 12.6 Å². The summed E-state index contributed by atoms with van der Waals surface area (Å²) in [4.78, 5) is 21.2. The molecule has 1 aromatic rings. The van der Waals surface area contributed by atoms with Gasteiger partial charge in [-0.3, -0.25) is 9.59 Å². The van der Waals surface area contributed by atoms with Crippen LogP contribution in [0, 0.1) is 5.92 Å². The Labute approximate surface area is 77.4 Å². The fourth-order valence-corrected chi connectivity index (χ4v) is 1.28. The first-order valence-corrected chi connectivity index (χ1v) is 4.29. The molecule has 0 amide bonds. The Kier molecular flexibility index (Phi) is 3.01. The summed E-state index contributed by atoms with van der Waals surface area (Å²) in [6, 6.07) is 3.33. The molecule has 1 heterocycles. The zero-order chi connectivity index (χ0) is 9.84. The van der Waals surface area contributed by atoms with Gasteiger partial charge in [-0.05, 0) is 18.1 Å². The molecule has 13 heavy (non-hydrogen) atoms. The van der Waals surface area contributed by atoms with Crippen LogP contribution in [0.1, 0.15) is 34.8 Å². The van der Waals surface area contributed by atoms with E-state index < -0.39 is 0 Å². The third kappa shape index (κ3) is 2.05. The maximum Gasteiger partial charge on any atom is 0.166 e. The maximum absolute atomic E-state index is 10.6. The minimum atomic E-state index is 0.421. The highest BCUT2D eigenvalue weighted by Gasteiger charge is 2.07. The SMILES string of the molecule is CC(C)Cn1c(C=O)ccc1C=O. The predicted molar refractivity (Wildman–Crippen MR) is 50.0 cm³/mol. The van der Waals surface area contributed by atoms with Gasteiger partial charge in [0.2, 0.25) is 0 Å². The highest BCUT2D eigenvalue weighted by molar-refractivity contribution is 5.79. The summed E-state index contributed by atoms with van der Waals surface area (Å²) in [5.41, 5.74) is 1.13. The van der Waals surface area contributed by atoms with Gasteiger partial charge in [0, 0.05) is 6.54 Å². The summed E-state index contributed by atoms with van der Waals surface area (Å²) in [6.07, 6.45) is 1.55. The number of nitrogens with zero attached hydrogens (tertiary/aromatic N) is 1. The van der Waals surface area contributed by atoms with Crippen molar-refractivity contribution in [2.45, 2.75) is 20.4 Å². The fraction of sp³-hybridized carbons (Fsp3) is 0.400. The van der Waals surface area contributed by atoms with Crippen molar-refractivity contribution in [2.24, 2.45) is 5.92 Å². The van der Waals surface area contributed by atoms with Gasteiger partial charge in [-0.25, -0.2) is 0 Å². The first-order chi connectivity index (χ1) is 6.19. The normalized spacial score (nSPS) is 10.4. The van der Waals surface area contributed by atoms with Crippen molar-refractivity contribution < 1.29 is 9.59 Å². The number of hydrogen-bond acceptors (Lipinski definition) is 2. The maximum atomic E-state index is 10.6. The molecule has 3 nitrogen and oxygen atoms in total. The van der Waals surface area contributed by atoms with Crippen molar-refractivity contribution in [3.8, 4) is 0 Å². The van der Waals surface area contributed by atoms with Crippen molar-refractivity contribution in [1.82, 2.24) is 4.57 Å². The Morgan fingerprint density at radius 3 is 2.00 bits per heavy atom. The van der Waals surface area contributed by atoms with Gasteiger partial charge in [-0.15, -0.1) is 0 Å². The largest absolute Gasteiger partial charge is 0.336 e. The first kappa shape index (κ1) is 9.71. The molecule has 0 saturated heterocycles. The molecule has 70 valence electrons. The molecule has 0 aliphatic heterocycles. The van der Waals surface area contributed by atoms with Crippen molar-refractivity contribution in [2.75, 3.05) is 0 Å². The lowest BCUT2D eigenvalue weighted by Crippen LogP contribution is -2.10. The lowest BCUT2D eigenvalue weighted by atomic mass is 10.2. The van der Waals surface area contributed by atoms with Gasteiger partial charge in [-0.1, -0.05) is 13.8 Å². The first-order valence-electron chi connectivity index (χ1n) is 4.29. The van der Waals surface area contributed by atoms with E-state index in [4.69, 9.17) is 0 Å². The molecule has 0 spiro atoms. The third-order valence-electron chi connectivity index (χ3n) is 1.84. The number of hydrogen-bond donors (Lipinski definition) is 0. The van der Waals surface area contributed by atoms with Crippen LogP contribution >= 0.6 is 0 Å². The molecule has 0 fully saturated rings. The molecular weight excluding hydrogens is 166 g/mol. The van der Waals surface area contributed by atoms with Gasteiger partial charge in [0.15, 0.2) is 12.6 Å². The van der Waals surface area contributed by atoms with Crippen LogP contribution in [0.2, 0.25) is 0 Å². The zero-order valence-electron chi connectivity index (χ0n) is 7.86. The topological polar surface area (TPSA) is 39.1 Å². The summed E-state index contributed by atoms with van der Waals surface area (Å²) in [5.74, 6) is 0.421. The summed E-state index contributed by atoms with van der Waals surface area (Å²) < 4.78 is 1.74. The van der Waals surface area contributed by atoms with E-state index in [-0.39, 0.29) is 0 Å². The summed E-state index contributed by atoms with van der Waals surface area (Å²) in [7, 11) is 0. The number of aldehydes is 2. The molecule has 3 heteroatoms. The quantitative estimate of drug-likeness (QED) is 0.661. The van der Waals surface area contributed by atoms with Gasteiger partial charge >= 0.3 is 0 Å². The number of carbonyl (C=O) groups excluding carboxylic acids is 2. The molecule has 1 aromatic heterocycles. The molecule has 0 aromatic carbocycles. The minimum Gasteiger partial charge on any atom is -0.336 e. The lowest BCUT2D eigenvalue weighted by molar-refractivity contribution is 0.111. The van der Waals surface area contributed by atoms with Gasteiger partial charge in [0.1, 0.15) is 0 Å². The van der Waals surface area contributed by atoms with Gasteiger partial charge in [0.25, 0.3) is 0 Å². The van der Waals surface area contributed by atoms with E-state index >= 15 is 0 Å². The molecule has 0 bridgehead atoms. The van der Waals surface area contributed by atoms with E-state index in [0.29, 0.717) is 23.9 Å². The van der Waals surface area contributed by atoms with E-state index in [1.807, 2.05) is 13.8 Å². The highest BCUT2D eigenvalue weighted by atomic mass is 16.1. The second-order valence-corrected chi connectivity index (χ2v) is 3.42. The van der Waals surface area contributed by atoms with Crippen LogP contribution in [0.15, 0.2) is 12.1 Å². The Hall–Kier alpha value is -1.38. The summed E-state index contributed by atoms with van der Waals surface area (Å²) in [6.45, 7) is 4.79. The van der Waals surface area contributed by atoms with Crippen LogP contribution < -0.4 is 0 Å². The molecule has 1 rings (SSSR count). The molecule has 0 saturated carbocycles. The van der Waals surface area contributed by atoms with Crippen molar-refractivity contribution in [3.63, 3.8) is 0 Å². The lowest BCUT2D eigenvalue weighted by Gasteiger charge is -2.09. The monoisotopic (exact) mass is 179 g/mol. The second-order valence-electron chi connectivity index (χ2n) is 3.42. The minimum absolute atomic E-state index is 0.421. The van der Waals surface area contributed by atoms with Crippen LogP contribution in [0.25, 0.3) is 0 Å². The molecular formula is C10H13NO2. The molecule has 0 aliphatic carbocycles. The second kappa shape index (κ2) is 4.03. The average molecular weight is 179 g/mol. The van der Waals surface area contributed by atoms with E-state index in [2.05, 4.69) is 0 Å². The van der Waals surface area contributed by atoms with E-state index in [0.717, 1.165) is 12.6 Å². The number of rotatable bonds is 4. The molecule has 0 unspecified atom stereocenters. The molecule has 0 radical (unpaired) electrons. The van der Waals surface area contributed by atoms with E-state index in [1.54, 1.807) is 16.7 Å². The Morgan fingerprint density at radius 2 is 1.69 bits per heavy atom. The van der Waals surface area contributed by atoms with Gasteiger partial charge < -0.3 is 4.57 Å². The Bertz CT molecular complexity index is 287. The third-order valence-corrected chi connectivity index (χ3v) is 1.84. The van der Waals surface area contributed by atoms with E-state index in [1.165, 1.54) is 0 Å². The highest BCUT2D eigenvalue weighted by Crippen LogP contribution is 2.09. The van der Waals surface area contributed by atoms with Gasteiger partial charge in [0.05, 0.1) is 11.4 Å². The van der Waals surface area contributed by atoms with Crippen LogP contribution in [0.4, 0.5) is 0 Å². The predicted octanol–water partition coefficient (Wildman–Crippen LogP) is 1.77. The fourth-order valence-electron chi connectivity index (χ4n) is 1.28. The standard InChI is InChI=1S/C10H13NO2/c1-8(2)5-11-9(6-12)3-4-10(11)7-13/h3-4,6-8H,5H2,1-2H3. The summed E-state index contributed by atoms with van der Waals surface area (Å²) in [5, 5.41) is 0. The smallest absolute Gasteiger partial charge is 0.166 e. The van der Waals surface area contributed by atoms with E-state index in [9.17, 15) is 9.59 Å². The average Bonchev–Trinajstić information content (AvgIpc) is 2.46. The number of carbonyl (C=O) groups is 2. The number of aromatic nitrogens is 1.